The van der Waals surface area contributed by atoms with Gasteiger partial charge in [0.15, 0.2) is 0 Å². The van der Waals surface area contributed by atoms with Gasteiger partial charge in [-0.15, -0.1) is 0 Å². The summed E-state index contributed by atoms with van der Waals surface area (Å²) < 4.78 is 28.0. The Labute approximate surface area is 86.0 Å². The van der Waals surface area contributed by atoms with E-state index in [0.29, 0.717) is 4.47 Å². The normalized spacial score (nSPS) is 11.5. The van der Waals surface area contributed by atoms with Gasteiger partial charge in [-0.2, -0.15) is 8.42 Å². The number of hydrogen-bond acceptors (Lipinski definition) is 3. The summed E-state index contributed by atoms with van der Waals surface area (Å²) in [4.78, 5) is 0.170. The van der Waals surface area contributed by atoms with Crippen LogP contribution in [0.15, 0.2) is 33.6 Å². The Kier molecular flexibility index (Phi) is 3.47. The Bertz CT molecular complexity index is 386. The molecule has 0 bridgehead atoms. The van der Waals surface area contributed by atoms with Gasteiger partial charge in [0.25, 0.3) is 10.1 Å². The fourth-order valence-electron chi connectivity index (χ4n) is 0.846. The predicted octanol–water partition coefficient (Wildman–Crippen LogP) is 2.17. The maximum Gasteiger partial charge on any atom is 0.297 e. The lowest BCUT2D eigenvalue weighted by Crippen LogP contribution is -2.05. The fraction of sp³-hybridized carbons (Fsp3) is 0.250. The van der Waals surface area contributed by atoms with E-state index in [-0.39, 0.29) is 11.5 Å². The lowest BCUT2D eigenvalue weighted by atomic mass is 10.4. The van der Waals surface area contributed by atoms with E-state index >= 15 is 0 Å². The van der Waals surface area contributed by atoms with Crippen LogP contribution in [0, 0.1) is 0 Å². The third-order valence-electron chi connectivity index (χ3n) is 1.36. The van der Waals surface area contributed by atoms with E-state index < -0.39 is 10.1 Å². The summed E-state index contributed by atoms with van der Waals surface area (Å²) in [7, 11) is -3.56. The highest BCUT2D eigenvalue weighted by Crippen LogP contribution is 2.17. The molecule has 0 saturated heterocycles. The molecule has 0 heterocycles. The van der Waals surface area contributed by atoms with Crippen molar-refractivity contribution >= 4 is 26.0 Å². The van der Waals surface area contributed by atoms with Crippen molar-refractivity contribution in [2.75, 3.05) is 6.61 Å². The molecule has 3 nitrogen and oxygen atoms in total. The number of halogens is 1. The number of benzene rings is 1. The highest BCUT2D eigenvalue weighted by atomic mass is 79.9. The monoisotopic (exact) mass is 264 g/mol. The second-order valence-electron chi connectivity index (χ2n) is 2.32. The minimum atomic E-state index is -3.56. The van der Waals surface area contributed by atoms with Crippen LogP contribution in [-0.2, 0) is 14.3 Å². The van der Waals surface area contributed by atoms with Crippen molar-refractivity contribution in [2.24, 2.45) is 0 Å². The van der Waals surface area contributed by atoms with Crippen LogP contribution >= 0.6 is 15.9 Å². The molecule has 0 atom stereocenters. The number of hydrogen-bond donors (Lipinski definition) is 0. The quantitative estimate of drug-likeness (QED) is 0.787. The minimum Gasteiger partial charge on any atom is -0.267 e. The first-order valence-electron chi connectivity index (χ1n) is 3.71. The molecule has 0 saturated carbocycles. The molecule has 0 aliphatic carbocycles. The number of rotatable bonds is 3. The van der Waals surface area contributed by atoms with Crippen LogP contribution in [0.4, 0.5) is 0 Å². The van der Waals surface area contributed by atoms with E-state index in [4.69, 9.17) is 0 Å². The first-order valence-corrected chi connectivity index (χ1v) is 5.91. The molecule has 1 aromatic rings. The summed E-state index contributed by atoms with van der Waals surface area (Å²) in [6.07, 6.45) is 0. The van der Waals surface area contributed by atoms with Gasteiger partial charge in [-0.1, -0.05) is 22.0 Å². The van der Waals surface area contributed by atoms with Gasteiger partial charge in [-0.05, 0) is 25.1 Å². The molecule has 72 valence electrons. The summed E-state index contributed by atoms with van der Waals surface area (Å²) in [5.74, 6) is 0. The molecule has 0 aromatic heterocycles. The smallest absolute Gasteiger partial charge is 0.267 e. The molecule has 0 N–H and O–H groups in total. The summed E-state index contributed by atoms with van der Waals surface area (Å²) in [5, 5.41) is 0. The molecule has 13 heavy (non-hydrogen) atoms. The van der Waals surface area contributed by atoms with Crippen molar-refractivity contribution in [3.8, 4) is 0 Å². The molecule has 1 aromatic carbocycles. The van der Waals surface area contributed by atoms with E-state index in [2.05, 4.69) is 20.1 Å². The van der Waals surface area contributed by atoms with Crippen LogP contribution in [0.1, 0.15) is 6.92 Å². The second-order valence-corrected chi connectivity index (χ2v) is 4.85. The highest BCUT2D eigenvalue weighted by Gasteiger charge is 2.13. The first kappa shape index (κ1) is 10.7. The van der Waals surface area contributed by atoms with Crippen molar-refractivity contribution in [1.82, 2.24) is 0 Å². The molecule has 0 unspecified atom stereocenters. The van der Waals surface area contributed by atoms with E-state index in [1.54, 1.807) is 19.1 Å². The average molecular weight is 265 g/mol. The third-order valence-corrected chi connectivity index (χ3v) is 3.23. The van der Waals surface area contributed by atoms with E-state index in [1.165, 1.54) is 12.1 Å². The van der Waals surface area contributed by atoms with Crippen LogP contribution in [0.2, 0.25) is 0 Å². The van der Waals surface area contributed by atoms with Gasteiger partial charge in [-0.3, -0.25) is 4.18 Å². The van der Waals surface area contributed by atoms with Crippen LogP contribution in [-0.4, -0.2) is 15.0 Å². The molecule has 0 fully saturated rings. The largest absolute Gasteiger partial charge is 0.297 e. The van der Waals surface area contributed by atoms with Crippen molar-refractivity contribution in [3.63, 3.8) is 0 Å². The van der Waals surface area contributed by atoms with Crippen LogP contribution in [0.3, 0.4) is 0 Å². The first-order chi connectivity index (χ1) is 6.06. The van der Waals surface area contributed by atoms with Crippen molar-refractivity contribution < 1.29 is 12.6 Å². The zero-order chi connectivity index (χ0) is 9.90. The fourth-order valence-corrected chi connectivity index (χ4v) is 2.36. The molecule has 0 aliphatic heterocycles. The summed E-state index contributed by atoms with van der Waals surface area (Å²) >= 11 is 3.19. The molecular weight excluding hydrogens is 256 g/mol. The zero-order valence-corrected chi connectivity index (χ0v) is 9.43. The standard InChI is InChI=1S/C8H9BrO3S/c1-2-12-13(10,11)8-5-3-4-7(9)6-8/h3-6H,2H2,1H3. The lowest BCUT2D eigenvalue weighted by molar-refractivity contribution is 0.338. The van der Waals surface area contributed by atoms with E-state index in [9.17, 15) is 8.42 Å². The second kappa shape index (κ2) is 4.21. The molecule has 0 aliphatic rings. The van der Waals surface area contributed by atoms with Crippen LogP contribution < -0.4 is 0 Å². The summed E-state index contributed by atoms with van der Waals surface area (Å²) in [5.41, 5.74) is 0. The predicted molar refractivity (Wildman–Crippen MR) is 53.0 cm³/mol. The Hall–Kier alpha value is -0.390. The lowest BCUT2D eigenvalue weighted by Gasteiger charge is -2.02. The maximum atomic E-state index is 11.3. The third kappa shape index (κ3) is 2.79. The van der Waals surface area contributed by atoms with Gasteiger partial charge < -0.3 is 0 Å². The Morgan fingerprint density at radius 1 is 1.46 bits per heavy atom. The van der Waals surface area contributed by atoms with Crippen molar-refractivity contribution in [2.45, 2.75) is 11.8 Å². The van der Waals surface area contributed by atoms with E-state index in [0.717, 1.165) is 0 Å². The minimum absolute atomic E-state index is 0.148. The van der Waals surface area contributed by atoms with Crippen molar-refractivity contribution in [3.05, 3.63) is 28.7 Å². The Morgan fingerprint density at radius 3 is 2.69 bits per heavy atom. The molecule has 0 spiro atoms. The van der Waals surface area contributed by atoms with Gasteiger partial charge in [0.05, 0.1) is 11.5 Å². The summed E-state index contributed by atoms with van der Waals surface area (Å²) in [6, 6.07) is 6.40. The van der Waals surface area contributed by atoms with Gasteiger partial charge >= 0.3 is 0 Å². The molecular formula is C8H9BrO3S. The topological polar surface area (TPSA) is 43.4 Å². The SMILES string of the molecule is CCOS(=O)(=O)c1cccc(Br)c1. The van der Waals surface area contributed by atoms with Gasteiger partial charge in [0.1, 0.15) is 0 Å². The Morgan fingerprint density at radius 2 is 2.15 bits per heavy atom. The maximum absolute atomic E-state index is 11.3. The van der Waals surface area contributed by atoms with Gasteiger partial charge in [0, 0.05) is 4.47 Å². The molecule has 0 amide bonds. The average Bonchev–Trinajstić information content (AvgIpc) is 2.04. The zero-order valence-electron chi connectivity index (χ0n) is 7.03. The Balaban J connectivity index is 3.08. The summed E-state index contributed by atoms with van der Waals surface area (Å²) in [6.45, 7) is 1.78. The molecule has 5 heteroatoms. The highest BCUT2D eigenvalue weighted by molar-refractivity contribution is 9.10. The van der Waals surface area contributed by atoms with Gasteiger partial charge in [-0.25, -0.2) is 0 Å². The van der Waals surface area contributed by atoms with Gasteiger partial charge in [0.2, 0.25) is 0 Å². The van der Waals surface area contributed by atoms with Crippen molar-refractivity contribution in [1.29, 1.82) is 0 Å². The molecule has 1 rings (SSSR count). The molecule has 0 radical (unpaired) electrons. The van der Waals surface area contributed by atoms with Crippen LogP contribution in [0.25, 0.3) is 0 Å². The van der Waals surface area contributed by atoms with Crippen LogP contribution in [0.5, 0.6) is 0 Å². The van der Waals surface area contributed by atoms with E-state index in [1.807, 2.05) is 0 Å².